The maximum absolute atomic E-state index is 12.3. The third-order valence-electron chi connectivity index (χ3n) is 4.50. The number of carbonyl (C=O) groups is 1. The molecule has 3 aromatic rings. The number of hydrogen-bond donors (Lipinski definition) is 1. The van der Waals surface area contributed by atoms with Crippen molar-refractivity contribution in [3.63, 3.8) is 0 Å². The molecular formula is C19H17ClN4O. The molecule has 5 nitrogen and oxygen atoms in total. The highest BCUT2D eigenvalue weighted by Gasteiger charge is 2.32. The van der Waals surface area contributed by atoms with Crippen molar-refractivity contribution in [1.82, 2.24) is 14.8 Å². The van der Waals surface area contributed by atoms with Crippen molar-refractivity contribution < 1.29 is 4.79 Å². The van der Waals surface area contributed by atoms with Gasteiger partial charge in [0.2, 0.25) is 5.91 Å². The van der Waals surface area contributed by atoms with E-state index >= 15 is 0 Å². The number of nitrogens with one attached hydrogen (secondary N) is 1. The maximum Gasteiger partial charge on any atom is 0.226 e. The molecule has 1 aliphatic heterocycles. The normalized spacial score (nSPS) is 16.4. The molecule has 1 aromatic carbocycles. The highest BCUT2D eigenvalue weighted by atomic mass is 35.5. The molecule has 1 unspecified atom stereocenters. The second kappa shape index (κ2) is 6.33. The van der Waals surface area contributed by atoms with Crippen LogP contribution in [0.4, 0.5) is 5.82 Å². The Morgan fingerprint density at radius 1 is 1.28 bits per heavy atom. The fourth-order valence-electron chi connectivity index (χ4n) is 3.36. The van der Waals surface area contributed by atoms with Crippen molar-refractivity contribution in [3.05, 3.63) is 76.2 Å². The van der Waals surface area contributed by atoms with Gasteiger partial charge in [-0.05, 0) is 36.2 Å². The summed E-state index contributed by atoms with van der Waals surface area (Å²) in [5.74, 6) is 0.757. The Morgan fingerprint density at radius 3 is 2.80 bits per heavy atom. The van der Waals surface area contributed by atoms with Crippen LogP contribution in [-0.4, -0.2) is 20.7 Å². The molecule has 0 saturated carbocycles. The maximum atomic E-state index is 12.3. The summed E-state index contributed by atoms with van der Waals surface area (Å²) in [5.41, 5.74) is 4.11. The van der Waals surface area contributed by atoms with Gasteiger partial charge in [-0.25, -0.2) is 4.68 Å². The van der Waals surface area contributed by atoms with E-state index in [9.17, 15) is 4.79 Å². The number of carbonyl (C=O) groups excluding carboxylic acids is 1. The summed E-state index contributed by atoms with van der Waals surface area (Å²) in [6.07, 6.45) is 3.97. The lowest BCUT2D eigenvalue weighted by Gasteiger charge is -2.24. The van der Waals surface area contributed by atoms with Crippen LogP contribution in [0, 0.1) is 6.92 Å². The number of fused-ring (bicyclic) bond motifs is 1. The van der Waals surface area contributed by atoms with Crippen molar-refractivity contribution in [2.45, 2.75) is 25.8 Å². The number of benzene rings is 1. The third-order valence-corrected chi connectivity index (χ3v) is 4.75. The summed E-state index contributed by atoms with van der Waals surface area (Å²) < 4.78 is 1.86. The standard InChI is InChI=1S/C19H17ClN4O/c1-12-18-16(14-3-2-8-21-10-14)9-17(25)22-19(18)24(23-12)11-13-4-6-15(20)7-5-13/h2-8,10,16H,9,11H2,1H3,(H,22,25). The topological polar surface area (TPSA) is 59.8 Å². The van der Waals surface area contributed by atoms with Gasteiger partial charge in [-0.15, -0.1) is 0 Å². The van der Waals surface area contributed by atoms with Gasteiger partial charge in [0.1, 0.15) is 5.82 Å². The first-order chi connectivity index (χ1) is 12.1. The lowest BCUT2D eigenvalue weighted by molar-refractivity contribution is -0.116. The van der Waals surface area contributed by atoms with Crippen LogP contribution < -0.4 is 5.32 Å². The molecule has 0 saturated heterocycles. The Kier molecular flexibility index (Phi) is 4.01. The minimum atomic E-state index is -0.0172. The van der Waals surface area contributed by atoms with E-state index in [-0.39, 0.29) is 11.8 Å². The van der Waals surface area contributed by atoms with Gasteiger partial charge in [0.05, 0.1) is 12.2 Å². The number of pyridine rings is 1. The number of hydrogen-bond acceptors (Lipinski definition) is 3. The van der Waals surface area contributed by atoms with Crippen LogP contribution in [-0.2, 0) is 11.3 Å². The summed E-state index contributed by atoms with van der Waals surface area (Å²) in [7, 11) is 0. The average molecular weight is 353 g/mol. The molecule has 0 bridgehead atoms. The van der Waals surface area contributed by atoms with E-state index < -0.39 is 0 Å². The highest BCUT2D eigenvalue weighted by molar-refractivity contribution is 6.30. The summed E-state index contributed by atoms with van der Waals surface area (Å²) in [6, 6.07) is 11.6. The molecule has 1 amide bonds. The minimum absolute atomic E-state index is 0.00129. The highest BCUT2D eigenvalue weighted by Crippen LogP contribution is 2.39. The van der Waals surface area contributed by atoms with Gasteiger partial charge >= 0.3 is 0 Å². The summed E-state index contributed by atoms with van der Waals surface area (Å²) in [5, 5.41) is 8.37. The fraction of sp³-hybridized carbons (Fsp3) is 0.211. The van der Waals surface area contributed by atoms with E-state index in [1.807, 2.05) is 54.2 Å². The number of nitrogens with zero attached hydrogens (tertiary/aromatic N) is 3. The van der Waals surface area contributed by atoms with Crippen LogP contribution >= 0.6 is 11.6 Å². The zero-order valence-electron chi connectivity index (χ0n) is 13.7. The van der Waals surface area contributed by atoms with E-state index in [1.165, 1.54) is 0 Å². The average Bonchev–Trinajstić information content (AvgIpc) is 2.92. The van der Waals surface area contributed by atoms with Crippen LogP contribution in [0.25, 0.3) is 0 Å². The van der Waals surface area contributed by atoms with Crippen molar-refractivity contribution in [2.24, 2.45) is 0 Å². The first-order valence-electron chi connectivity index (χ1n) is 8.13. The van der Waals surface area contributed by atoms with E-state index in [0.717, 1.165) is 28.2 Å². The SMILES string of the molecule is Cc1nn(Cc2ccc(Cl)cc2)c2c1C(c1cccnc1)CC(=O)N2. The number of halogens is 1. The van der Waals surface area contributed by atoms with Crippen molar-refractivity contribution in [1.29, 1.82) is 0 Å². The lowest BCUT2D eigenvalue weighted by atomic mass is 9.86. The molecule has 0 radical (unpaired) electrons. The molecule has 3 heterocycles. The van der Waals surface area contributed by atoms with E-state index in [0.29, 0.717) is 18.0 Å². The molecule has 0 fully saturated rings. The third kappa shape index (κ3) is 3.03. The molecule has 1 atom stereocenters. The molecule has 2 aromatic heterocycles. The first kappa shape index (κ1) is 15.8. The number of rotatable bonds is 3. The van der Waals surface area contributed by atoms with Crippen LogP contribution in [0.3, 0.4) is 0 Å². The van der Waals surface area contributed by atoms with Crippen LogP contribution in [0.5, 0.6) is 0 Å². The van der Waals surface area contributed by atoms with Gasteiger partial charge in [0, 0.05) is 35.3 Å². The van der Waals surface area contributed by atoms with E-state index in [2.05, 4.69) is 15.4 Å². The second-order valence-electron chi connectivity index (χ2n) is 6.22. The van der Waals surface area contributed by atoms with Gasteiger partial charge in [-0.2, -0.15) is 5.10 Å². The van der Waals surface area contributed by atoms with Gasteiger partial charge in [0.15, 0.2) is 0 Å². The zero-order chi connectivity index (χ0) is 17.4. The van der Waals surface area contributed by atoms with Gasteiger partial charge in [-0.1, -0.05) is 29.8 Å². The second-order valence-corrected chi connectivity index (χ2v) is 6.66. The summed E-state index contributed by atoms with van der Waals surface area (Å²) in [4.78, 5) is 16.5. The summed E-state index contributed by atoms with van der Waals surface area (Å²) in [6.45, 7) is 2.56. The number of aryl methyl sites for hydroxylation is 1. The molecular weight excluding hydrogens is 336 g/mol. The Balaban J connectivity index is 1.75. The van der Waals surface area contributed by atoms with E-state index in [4.69, 9.17) is 11.6 Å². The Morgan fingerprint density at radius 2 is 2.08 bits per heavy atom. The first-order valence-corrected chi connectivity index (χ1v) is 8.51. The van der Waals surface area contributed by atoms with Crippen LogP contribution in [0.2, 0.25) is 5.02 Å². The Bertz CT molecular complexity index is 919. The van der Waals surface area contributed by atoms with Crippen molar-refractivity contribution in [2.75, 3.05) is 5.32 Å². The largest absolute Gasteiger partial charge is 0.311 e. The number of aromatic nitrogens is 3. The number of anilines is 1. The van der Waals surface area contributed by atoms with Crippen molar-refractivity contribution in [3.8, 4) is 0 Å². The fourth-order valence-corrected chi connectivity index (χ4v) is 3.48. The molecule has 25 heavy (non-hydrogen) atoms. The molecule has 1 aliphatic rings. The quantitative estimate of drug-likeness (QED) is 0.780. The van der Waals surface area contributed by atoms with Crippen LogP contribution in [0.15, 0.2) is 48.8 Å². The predicted octanol–water partition coefficient (Wildman–Crippen LogP) is 3.76. The van der Waals surface area contributed by atoms with Gasteiger partial charge < -0.3 is 5.32 Å². The molecule has 0 spiro atoms. The van der Waals surface area contributed by atoms with Gasteiger partial charge in [-0.3, -0.25) is 9.78 Å². The molecule has 1 N–H and O–H groups in total. The molecule has 6 heteroatoms. The molecule has 126 valence electrons. The minimum Gasteiger partial charge on any atom is -0.311 e. The van der Waals surface area contributed by atoms with E-state index in [1.54, 1.807) is 6.20 Å². The zero-order valence-corrected chi connectivity index (χ0v) is 14.5. The van der Waals surface area contributed by atoms with Gasteiger partial charge in [0.25, 0.3) is 0 Å². The Labute approximate surface area is 150 Å². The monoisotopic (exact) mass is 352 g/mol. The predicted molar refractivity (Wildman–Crippen MR) is 96.8 cm³/mol. The smallest absolute Gasteiger partial charge is 0.226 e. The summed E-state index contributed by atoms with van der Waals surface area (Å²) >= 11 is 5.95. The van der Waals surface area contributed by atoms with Crippen LogP contribution in [0.1, 0.15) is 34.7 Å². The lowest BCUT2D eigenvalue weighted by Crippen LogP contribution is -2.25. The van der Waals surface area contributed by atoms with Crippen molar-refractivity contribution >= 4 is 23.3 Å². The Hall–Kier alpha value is -2.66. The molecule has 4 rings (SSSR count). The number of amides is 1. The molecule has 0 aliphatic carbocycles.